The third kappa shape index (κ3) is 4.20. The van der Waals surface area contributed by atoms with Gasteiger partial charge < -0.3 is 14.5 Å². The normalized spacial score (nSPS) is 19.6. The van der Waals surface area contributed by atoms with Crippen LogP contribution < -0.4 is 4.90 Å². The van der Waals surface area contributed by atoms with E-state index in [4.69, 9.17) is 16.3 Å². The minimum absolute atomic E-state index is 0.141. The largest absolute Gasteiger partial charge is 0.444 e. The molecule has 0 spiro atoms. The van der Waals surface area contributed by atoms with Crippen LogP contribution >= 0.6 is 11.6 Å². The average molecular weight is 313 g/mol. The molecule has 2 rings (SSSR count). The molecule has 0 aliphatic carbocycles. The number of hydrogen-bond acceptors (Lipinski definition) is 5. The van der Waals surface area contributed by atoms with Gasteiger partial charge in [0, 0.05) is 25.7 Å². The van der Waals surface area contributed by atoms with Crippen LogP contribution in [0.25, 0.3) is 0 Å². The van der Waals surface area contributed by atoms with Crippen molar-refractivity contribution in [2.45, 2.75) is 39.3 Å². The maximum atomic E-state index is 12.1. The number of ether oxygens (including phenoxy) is 1. The lowest BCUT2D eigenvalue weighted by Gasteiger charge is -2.40. The highest BCUT2D eigenvalue weighted by molar-refractivity contribution is 6.29. The summed E-state index contributed by atoms with van der Waals surface area (Å²) in [5.41, 5.74) is -0.473. The van der Waals surface area contributed by atoms with Crippen LogP contribution in [0.1, 0.15) is 27.7 Å². The Morgan fingerprint density at radius 2 is 2.05 bits per heavy atom. The Hall–Kier alpha value is -1.56. The molecule has 6 nitrogen and oxygen atoms in total. The first-order valence-electron chi connectivity index (χ1n) is 7.00. The van der Waals surface area contributed by atoms with Gasteiger partial charge in [-0.15, -0.1) is 10.2 Å². The summed E-state index contributed by atoms with van der Waals surface area (Å²) in [6.45, 7) is 9.54. The molecule has 1 aromatic rings. The van der Waals surface area contributed by atoms with Crippen molar-refractivity contribution in [1.82, 2.24) is 15.1 Å². The molecule has 21 heavy (non-hydrogen) atoms. The Balaban J connectivity index is 1.99. The van der Waals surface area contributed by atoms with E-state index in [1.165, 1.54) is 0 Å². The second-order valence-corrected chi connectivity index (χ2v) is 6.57. The van der Waals surface area contributed by atoms with Crippen LogP contribution in [-0.4, -0.2) is 52.5 Å². The number of anilines is 1. The molecule has 2 heterocycles. The van der Waals surface area contributed by atoms with Gasteiger partial charge in [0.15, 0.2) is 11.0 Å². The molecule has 0 aromatic carbocycles. The van der Waals surface area contributed by atoms with E-state index in [-0.39, 0.29) is 12.1 Å². The molecule has 0 bridgehead atoms. The second kappa shape index (κ2) is 6.05. The fourth-order valence-corrected chi connectivity index (χ4v) is 2.35. The van der Waals surface area contributed by atoms with E-state index in [0.717, 1.165) is 5.82 Å². The Morgan fingerprint density at radius 3 is 2.57 bits per heavy atom. The number of nitrogens with zero attached hydrogens (tertiary/aromatic N) is 4. The van der Waals surface area contributed by atoms with Gasteiger partial charge in [0.2, 0.25) is 0 Å². The highest BCUT2D eigenvalue weighted by Gasteiger charge is 2.30. The number of amides is 1. The lowest BCUT2D eigenvalue weighted by Crippen LogP contribution is -2.54. The van der Waals surface area contributed by atoms with E-state index >= 15 is 0 Å². The predicted octanol–water partition coefficient (Wildman–Crippen LogP) is 2.58. The molecule has 1 fully saturated rings. The summed E-state index contributed by atoms with van der Waals surface area (Å²) in [5, 5.41) is 8.32. The summed E-state index contributed by atoms with van der Waals surface area (Å²) in [6, 6.07) is 3.70. The summed E-state index contributed by atoms with van der Waals surface area (Å²) in [5.74, 6) is 0.774. The molecule has 0 saturated carbocycles. The van der Waals surface area contributed by atoms with Gasteiger partial charge in [-0.3, -0.25) is 0 Å². The molecule has 0 unspecified atom stereocenters. The summed E-state index contributed by atoms with van der Waals surface area (Å²) in [4.78, 5) is 15.9. The number of piperazine rings is 1. The fraction of sp³-hybridized carbons (Fsp3) is 0.643. The van der Waals surface area contributed by atoms with Crippen LogP contribution in [0.3, 0.4) is 0 Å². The summed E-state index contributed by atoms with van der Waals surface area (Å²) in [6.07, 6.45) is -0.267. The van der Waals surface area contributed by atoms with Gasteiger partial charge in [-0.25, -0.2) is 4.79 Å². The van der Waals surface area contributed by atoms with Gasteiger partial charge in [-0.05, 0) is 39.8 Å². The molecule has 1 aliphatic heterocycles. The van der Waals surface area contributed by atoms with Crippen molar-refractivity contribution in [3.8, 4) is 0 Å². The van der Waals surface area contributed by atoms with Crippen molar-refractivity contribution in [2.24, 2.45) is 0 Å². The highest BCUT2D eigenvalue weighted by atomic mass is 35.5. The SMILES string of the molecule is C[C@H]1CN(C(=O)OC(C)(C)C)CCN1c1ccc(Cl)nn1. The zero-order valence-electron chi connectivity index (χ0n) is 12.8. The van der Waals surface area contributed by atoms with Gasteiger partial charge in [-0.2, -0.15) is 0 Å². The zero-order chi connectivity index (χ0) is 15.6. The number of halogens is 1. The van der Waals surface area contributed by atoms with Crippen LogP contribution in [0.5, 0.6) is 0 Å². The molecule has 1 aliphatic rings. The van der Waals surface area contributed by atoms with E-state index in [0.29, 0.717) is 24.8 Å². The third-order valence-electron chi connectivity index (χ3n) is 3.19. The lowest BCUT2D eigenvalue weighted by atomic mass is 10.2. The van der Waals surface area contributed by atoms with E-state index < -0.39 is 5.60 Å². The number of carbonyl (C=O) groups excluding carboxylic acids is 1. The summed E-state index contributed by atoms with van der Waals surface area (Å²) < 4.78 is 5.41. The van der Waals surface area contributed by atoms with Crippen LogP contribution in [-0.2, 0) is 4.74 Å². The summed E-state index contributed by atoms with van der Waals surface area (Å²) >= 11 is 5.75. The molecular weight excluding hydrogens is 292 g/mol. The maximum Gasteiger partial charge on any atom is 0.410 e. The fourth-order valence-electron chi connectivity index (χ4n) is 2.25. The third-order valence-corrected chi connectivity index (χ3v) is 3.39. The van der Waals surface area contributed by atoms with E-state index in [1.54, 1.807) is 11.0 Å². The second-order valence-electron chi connectivity index (χ2n) is 6.18. The van der Waals surface area contributed by atoms with Crippen LogP contribution in [0, 0.1) is 0 Å². The molecule has 7 heteroatoms. The molecule has 1 saturated heterocycles. The first-order valence-corrected chi connectivity index (χ1v) is 7.38. The first kappa shape index (κ1) is 15.8. The average Bonchev–Trinajstić information content (AvgIpc) is 2.38. The van der Waals surface area contributed by atoms with E-state index in [1.807, 2.05) is 33.8 Å². The lowest BCUT2D eigenvalue weighted by molar-refractivity contribution is 0.0218. The van der Waals surface area contributed by atoms with Crippen molar-refractivity contribution in [2.75, 3.05) is 24.5 Å². The summed E-state index contributed by atoms with van der Waals surface area (Å²) in [7, 11) is 0. The van der Waals surface area contributed by atoms with Gasteiger partial charge >= 0.3 is 6.09 Å². The number of carbonyl (C=O) groups is 1. The Labute approximate surface area is 130 Å². The van der Waals surface area contributed by atoms with Crippen molar-refractivity contribution < 1.29 is 9.53 Å². The zero-order valence-corrected chi connectivity index (χ0v) is 13.6. The van der Waals surface area contributed by atoms with Gasteiger partial charge in [-0.1, -0.05) is 11.6 Å². The van der Waals surface area contributed by atoms with Crippen LogP contribution in [0.15, 0.2) is 12.1 Å². The Morgan fingerprint density at radius 1 is 1.33 bits per heavy atom. The van der Waals surface area contributed by atoms with Crippen molar-refractivity contribution in [3.63, 3.8) is 0 Å². The maximum absolute atomic E-state index is 12.1. The predicted molar refractivity (Wildman–Crippen MR) is 81.7 cm³/mol. The van der Waals surface area contributed by atoms with Gasteiger partial charge in [0.25, 0.3) is 0 Å². The first-order chi connectivity index (χ1) is 9.76. The number of aromatic nitrogens is 2. The quantitative estimate of drug-likeness (QED) is 0.797. The Kier molecular flexibility index (Phi) is 4.56. The van der Waals surface area contributed by atoms with Gasteiger partial charge in [0.05, 0.1) is 0 Å². The molecule has 116 valence electrons. The van der Waals surface area contributed by atoms with Crippen molar-refractivity contribution in [3.05, 3.63) is 17.3 Å². The number of rotatable bonds is 1. The molecule has 1 aromatic heterocycles. The topological polar surface area (TPSA) is 58.6 Å². The van der Waals surface area contributed by atoms with E-state index in [2.05, 4.69) is 15.1 Å². The molecule has 1 atom stereocenters. The Bertz CT molecular complexity index is 501. The van der Waals surface area contributed by atoms with Crippen molar-refractivity contribution >= 4 is 23.5 Å². The minimum Gasteiger partial charge on any atom is -0.444 e. The minimum atomic E-state index is -0.473. The monoisotopic (exact) mass is 312 g/mol. The molecule has 0 N–H and O–H groups in total. The van der Waals surface area contributed by atoms with Gasteiger partial charge in [0.1, 0.15) is 5.60 Å². The van der Waals surface area contributed by atoms with Crippen molar-refractivity contribution in [1.29, 1.82) is 0 Å². The molecule has 1 amide bonds. The molecule has 0 radical (unpaired) electrons. The smallest absolute Gasteiger partial charge is 0.410 e. The van der Waals surface area contributed by atoms with Crippen LogP contribution in [0.2, 0.25) is 5.15 Å². The number of hydrogen-bond donors (Lipinski definition) is 0. The van der Waals surface area contributed by atoms with Crippen LogP contribution in [0.4, 0.5) is 10.6 Å². The standard InChI is InChI=1S/C14H21ClN4O2/c1-10-9-18(13(20)21-14(2,3)4)7-8-19(10)12-6-5-11(15)16-17-12/h5-6,10H,7-9H2,1-4H3/t10-/m0/s1. The van der Waals surface area contributed by atoms with E-state index in [9.17, 15) is 4.79 Å². The molecular formula is C14H21ClN4O2. The highest BCUT2D eigenvalue weighted by Crippen LogP contribution is 2.20.